The van der Waals surface area contributed by atoms with E-state index >= 15 is 0 Å². The van der Waals surface area contributed by atoms with Crippen LogP contribution in [-0.4, -0.2) is 37.0 Å². The summed E-state index contributed by atoms with van der Waals surface area (Å²) in [6.45, 7) is 3.94. The summed E-state index contributed by atoms with van der Waals surface area (Å²) in [5.74, 6) is 0.395. The van der Waals surface area contributed by atoms with Crippen molar-refractivity contribution in [3.8, 4) is 0 Å². The van der Waals surface area contributed by atoms with Crippen LogP contribution in [0.3, 0.4) is 0 Å². The van der Waals surface area contributed by atoms with Crippen molar-refractivity contribution < 1.29 is 9.21 Å². The Hall–Kier alpha value is -1.81. The van der Waals surface area contributed by atoms with Crippen LogP contribution < -0.4 is 5.32 Å². The number of aryl methyl sites for hydroxylation is 1. The van der Waals surface area contributed by atoms with Crippen LogP contribution in [0.15, 0.2) is 28.7 Å². The smallest absolute Gasteiger partial charge is 0.289 e. The van der Waals surface area contributed by atoms with E-state index in [1.807, 2.05) is 38.2 Å². The second-order valence-electron chi connectivity index (χ2n) is 5.57. The van der Waals surface area contributed by atoms with E-state index in [1.165, 1.54) is 5.56 Å². The van der Waals surface area contributed by atoms with Gasteiger partial charge in [0.25, 0.3) is 5.91 Å². The minimum Gasteiger partial charge on any atom is -0.451 e. The van der Waals surface area contributed by atoms with Gasteiger partial charge >= 0.3 is 0 Å². The normalized spacial score (nSPS) is 19.2. The average Bonchev–Trinajstić information content (AvgIpc) is 2.89. The minimum atomic E-state index is -0.0347. The zero-order valence-electron chi connectivity index (χ0n) is 12.0. The fourth-order valence-electron chi connectivity index (χ4n) is 2.77. The molecular weight excluding hydrogens is 252 g/mol. The number of piperidine rings is 1. The van der Waals surface area contributed by atoms with Crippen LogP contribution in [0.1, 0.15) is 29.0 Å². The summed E-state index contributed by atoms with van der Waals surface area (Å²) in [5, 5.41) is 4.32. The fraction of sp³-hybridized carbons (Fsp3) is 0.438. The lowest BCUT2D eigenvalue weighted by Gasteiger charge is -2.31. The molecule has 4 nitrogen and oxygen atoms in total. The Morgan fingerprint density at radius 1 is 1.40 bits per heavy atom. The lowest BCUT2D eigenvalue weighted by atomic mass is 10.1. The average molecular weight is 272 g/mol. The number of benzene rings is 1. The van der Waals surface area contributed by atoms with Crippen molar-refractivity contribution in [3.63, 3.8) is 0 Å². The maximum Gasteiger partial charge on any atom is 0.289 e. The summed E-state index contributed by atoms with van der Waals surface area (Å²) < 4.78 is 5.69. The lowest BCUT2D eigenvalue weighted by molar-refractivity contribution is 0.0678. The Kier molecular flexibility index (Phi) is 3.49. The summed E-state index contributed by atoms with van der Waals surface area (Å²) in [6, 6.07) is 8.06. The van der Waals surface area contributed by atoms with Crippen LogP contribution in [0.4, 0.5) is 0 Å². The highest BCUT2D eigenvalue weighted by molar-refractivity contribution is 5.96. The first kappa shape index (κ1) is 13.2. The molecule has 2 heterocycles. The molecule has 1 aliphatic rings. The van der Waals surface area contributed by atoms with E-state index in [1.54, 1.807) is 4.90 Å². The number of nitrogens with one attached hydrogen (secondary N) is 1. The SMILES string of the molecule is Cc1ccc2oc(C(=O)N(C)C3CCCNC3)cc2c1. The lowest BCUT2D eigenvalue weighted by Crippen LogP contribution is -2.46. The van der Waals surface area contributed by atoms with Gasteiger partial charge in [-0.3, -0.25) is 4.79 Å². The zero-order chi connectivity index (χ0) is 14.1. The van der Waals surface area contributed by atoms with Gasteiger partial charge < -0.3 is 14.6 Å². The molecule has 106 valence electrons. The Balaban J connectivity index is 1.84. The molecule has 1 aliphatic heterocycles. The third-order valence-corrected chi connectivity index (χ3v) is 4.02. The molecular formula is C16H20N2O2. The number of nitrogens with zero attached hydrogens (tertiary/aromatic N) is 1. The third-order valence-electron chi connectivity index (χ3n) is 4.02. The van der Waals surface area contributed by atoms with Gasteiger partial charge in [0.1, 0.15) is 5.58 Å². The van der Waals surface area contributed by atoms with Gasteiger partial charge in [0.05, 0.1) is 0 Å². The van der Waals surface area contributed by atoms with Crippen molar-refractivity contribution in [1.82, 2.24) is 10.2 Å². The van der Waals surface area contributed by atoms with Gasteiger partial charge in [-0.15, -0.1) is 0 Å². The maximum atomic E-state index is 12.5. The molecule has 1 amide bonds. The van der Waals surface area contributed by atoms with E-state index in [0.717, 1.165) is 36.9 Å². The van der Waals surface area contributed by atoms with Crippen molar-refractivity contribution in [2.75, 3.05) is 20.1 Å². The number of carbonyl (C=O) groups is 1. The highest BCUT2D eigenvalue weighted by atomic mass is 16.3. The van der Waals surface area contributed by atoms with Crippen molar-refractivity contribution in [2.45, 2.75) is 25.8 Å². The summed E-state index contributed by atoms with van der Waals surface area (Å²) >= 11 is 0. The van der Waals surface area contributed by atoms with E-state index in [4.69, 9.17) is 4.42 Å². The summed E-state index contributed by atoms with van der Waals surface area (Å²) in [4.78, 5) is 14.3. The summed E-state index contributed by atoms with van der Waals surface area (Å²) in [6.07, 6.45) is 2.16. The molecule has 3 rings (SSSR count). The molecule has 1 aromatic heterocycles. The van der Waals surface area contributed by atoms with Gasteiger partial charge in [-0.25, -0.2) is 0 Å². The van der Waals surface area contributed by atoms with Gasteiger partial charge in [-0.2, -0.15) is 0 Å². The Morgan fingerprint density at radius 3 is 3.00 bits per heavy atom. The second-order valence-corrected chi connectivity index (χ2v) is 5.57. The highest BCUT2D eigenvalue weighted by Gasteiger charge is 2.25. The quantitative estimate of drug-likeness (QED) is 0.914. The van der Waals surface area contributed by atoms with E-state index in [-0.39, 0.29) is 11.9 Å². The molecule has 1 aromatic carbocycles. The molecule has 0 saturated carbocycles. The minimum absolute atomic E-state index is 0.0347. The fourth-order valence-corrected chi connectivity index (χ4v) is 2.77. The maximum absolute atomic E-state index is 12.5. The largest absolute Gasteiger partial charge is 0.451 e. The number of furan rings is 1. The van der Waals surface area contributed by atoms with E-state index < -0.39 is 0 Å². The van der Waals surface area contributed by atoms with Crippen LogP contribution in [0.2, 0.25) is 0 Å². The number of rotatable bonds is 2. The Labute approximate surface area is 118 Å². The van der Waals surface area contributed by atoms with Gasteiger partial charge in [-0.1, -0.05) is 11.6 Å². The number of fused-ring (bicyclic) bond motifs is 1. The zero-order valence-corrected chi connectivity index (χ0v) is 12.0. The van der Waals surface area contributed by atoms with Gasteiger partial charge in [0.2, 0.25) is 0 Å². The van der Waals surface area contributed by atoms with Crippen molar-refractivity contribution in [1.29, 1.82) is 0 Å². The number of hydrogen-bond acceptors (Lipinski definition) is 3. The van der Waals surface area contributed by atoms with Gasteiger partial charge in [0.15, 0.2) is 5.76 Å². The third kappa shape index (κ3) is 2.43. The topological polar surface area (TPSA) is 45.5 Å². The number of carbonyl (C=O) groups excluding carboxylic acids is 1. The molecule has 0 aliphatic carbocycles. The van der Waals surface area contributed by atoms with Crippen LogP contribution in [0, 0.1) is 6.92 Å². The van der Waals surface area contributed by atoms with Crippen LogP contribution in [-0.2, 0) is 0 Å². The molecule has 1 fully saturated rings. The first-order chi connectivity index (χ1) is 9.65. The van der Waals surface area contributed by atoms with Gasteiger partial charge in [-0.05, 0) is 44.5 Å². The standard InChI is InChI=1S/C16H20N2O2/c1-11-5-6-14-12(8-11)9-15(20-14)16(19)18(2)13-4-3-7-17-10-13/h5-6,8-9,13,17H,3-4,7,10H2,1-2H3. The van der Waals surface area contributed by atoms with E-state index in [0.29, 0.717) is 5.76 Å². The molecule has 0 radical (unpaired) electrons. The summed E-state index contributed by atoms with van der Waals surface area (Å²) in [7, 11) is 1.86. The molecule has 2 aromatic rings. The first-order valence-electron chi connectivity index (χ1n) is 7.13. The highest BCUT2D eigenvalue weighted by Crippen LogP contribution is 2.22. The van der Waals surface area contributed by atoms with E-state index in [2.05, 4.69) is 5.32 Å². The van der Waals surface area contributed by atoms with Gasteiger partial charge in [0, 0.05) is 25.0 Å². The Morgan fingerprint density at radius 2 is 2.25 bits per heavy atom. The van der Waals surface area contributed by atoms with Crippen molar-refractivity contribution in [3.05, 3.63) is 35.6 Å². The first-order valence-corrected chi connectivity index (χ1v) is 7.13. The molecule has 0 spiro atoms. The predicted molar refractivity (Wildman–Crippen MR) is 78.9 cm³/mol. The monoisotopic (exact) mass is 272 g/mol. The number of hydrogen-bond donors (Lipinski definition) is 1. The van der Waals surface area contributed by atoms with E-state index in [9.17, 15) is 4.79 Å². The van der Waals surface area contributed by atoms with Crippen molar-refractivity contribution in [2.24, 2.45) is 0 Å². The summed E-state index contributed by atoms with van der Waals surface area (Å²) in [5.41, 5.74) is 1.94. The van der Waals surface area contributed by atoms with Crippen LogP contribution in [0.5, 0.6) is 0 Å². The second kappa shape index (κ2) is 5.29. The molecule has 0 bridgehead atoms. The Bertz CT molecular complexity index is 626. The molecule has 1 saturated heterocycles. The molecule has 1 N–H and O–H groups in total. The number of likely N-dealkylation sites (N-methyl/N-ethyl adjacent to an activating group) is 1. The van der Waals surface area contributed by atoms with Crippen LogP contribution >= 0.6 is 0 Å². The van der Waals surface area contributed by atoms with Crippen molar-refractivity contribution >= 4 is 16.9 Å². The molecule has 1 unspecified atom stereocenters. The molecule has 4 heteroatoms. The predicted octanol–water partition coefficient (Wildman–Crippen LogP) is 2.57. The van der Waals surface area contributed by atoms with Crippen LogP contribution in [0.25, 0.3) is 11.0 Å². The molecule has 20 heavy (non-hydrogen) atoms. The number of amides is 1. The molecule has 1 atom stereocenters.